The molecule has 0 saturated carbocycles. The number of quaternary nitrogens is 1. The van der Waals surface area contributed by atoms with Crippen molar-refractivity contribution in [2.75, 3.05) is 47.5 Å². The van der Waals surface area contributed by atoms with E-state index in [1.54, 1.807) is 0 Å². The Morgan fingerprint density at radius 2 is 0.934 bits per heavy atom. The van der Waals surface area contributed by atoms with Gasteiger partial charge in [0, 0.05) is 12.8 Å². The van der Waals surface area contributed by atoms with Gasteiger partial charge in [-0.2, -0.15) is 0 Å². The molecule has 61 heavy (non-hydrogen) atoms. The lowest BCUT2D eigenvalue weighted by molar-refractivity contribution is -0.870. The lowest BCUT2D eigenvalue weighted by Crippen LogP contribution is -2.44. The quantitative estimate of drug-likeness (QED) is 0.0196. The van der Waals surface area contributed by atoms with Crippen LogP contribution >= 0.6 is 0 Å². The van der Waals surface area contributed by atoms with Crippen LogP contribution in [-0.4, -0.2) is 82.3 Å². The number of esters is 2. The smallest absolute Gasteiger partial charge is 0.306 e. The zero-order valence-electron chi connectivity index (χ0n) is 40.0. The van der Waals surface area contributed by atoms with Gasteiger partial charge in [-0.25, -0.2) is 0 Å². The summed E-state index contributed by atoms with van der Waals surface area (Å²) < 4.78 is 22.5. The number of likely N-dealkylation sites (N-methyl/N-ethyl adjacent to an activating group) is 1. The van der Waals surface area contributed by atoms with Gasteiger partial charge < -0.3 is 33.3 Å². The Bertz CT molecular complexity index is 1140. The number of aliphatic carboxylic acids is 1. The summed E-state index contributed by atoms with van der Waals surface area (Å²) in [5.74, 6) is -2.34. The number of carboxylic acid groups (broad SMARTS) is 1. The van der Waals surface area contributed by atoms with Crippen LogP contribution < -0.4 is 5.11 Å². The Kier molecular flexibility index (Phi) is 41.9. The number of allylic oxidation sites excluding steroid dienone is 8. The largest absolute Gasteiger partial charge is 0.545 e. The minimum atomic E-state index is -1.63. The molecule has 354 valence electrons. The first-order valence-electron chi connectivity index (χ1n) is 24.8. The fourth-order valence-electron chi connectivity index (χ4n) is 6.76. The maximum Gasteiger partial charge on any atom is 0.306 e. The first-order chi connectivity index (χ1) is 29.6. The molecule has 2 unspecified atom stereocenters. The van der Waals surface area contributed by atoms with Gasteiger partial charge in [0.1, 0.15) is 13.2 Å². The fourth-order valence-corrected chi connectivity index (χ4v) is 6.76. The van der Waals surface area contributed by atoms with Crippen LogP contribution in [0.4, 0.5) is 0 Å². The van der Waals surface area contributed by atoms with Gasteiger partial charge >= 0.3 is 11.9 Å². The minimum absolute atomic E-state index is 0.139. The second kappa shape index (κ2) is 43.9. The van der Waals surface area contributed by atoms with E-state index in [0.29, 0.717) is 17.4 Å². The molecule has 2 atom stereocenters. The highest BCUT2D eigenvalue weighted by Gasteiger charge is 2.21. The molecule has 0 bridgehead atoms. The minimum Gasteiger partial charge on any atom is -0.545 e. The van der Waals surface area contributed by atoms with Gasteiger partial charge in [0.15, 0.2) is 12.4 Å². The molecule has 0 amide bonds. The number of rotatable bonds is 45. The van der Waals surface area contributed by atoms with Crippen LogP contribution in [0.2, 0.25) is 0 Å². The van der Waals surface area contributed by atoms with Gasteiger partial charge in [-0.05, 0) is 51.4 Å². The summed E-state index contributed by atoms with van der Waals surface area (Å²) in [7, 11) is 5.90. The summed E-state index contributed by atoms with van der Waals surface area (Å²) in [6.45, 7) is 4.59. The summed E-state index contributed by atoms with van der Waals surface area (Å²) in [6.07, 6.45) is 48.7. The van der Waals surface area contributed by atoms with E-state index in [4.69, 9.17) is 18.9 Å². The highest BCUT2D eigenvalue weighted by atomic mass is 16.7. The van der Waals surface area contributed by atoms with E-state index >= 15 is 0 Å². The number of carboxylic acids is 1. The van der Waals surface area contributed by atoms with Crippen LogP contribution in [0.3, 0.4) is 0 Å². The highest BCUT2D eigenvalue weighted by molar-refractivity contribution is 5.70. The number of carbonyl (C=O) groups excluding carboxylic acids is 3. The van der Waals surface area contributed by atoms with Crippen molar-refractivity contribution in [3.63, 3.8) is 0 Å². The Morgan fingerprint density at radius 1 is 0.508 bits per heavy atom. The average molecular weight is 860 g/mol. The third kappa shape index (κ3) is 45.1. The molecule has 0 radical (unpaired) electrons. The summed E-state index contributed by atoms with van der Waals surface area (Å²) in [5.41, 5.74) is 0. The molecule has 0 aromatic carbocycles. The summed E-state index contributed by atoms with van der Waals surface area (Å²) in [6, 6.07) is 0. The van der Waals surface area contributed by atoms with Crippen LogP contribution in [0.5, 0.6) is 0 Å². The van der Waals surface area contributed by atoms with Gasteiger partial charge in [-0.1, -0.05) is 191 Å². The Labute approximate surface area is 374 Å². The molecule has 0 fully saturated rings. The van der Waals surface area contributed by atoms with Crippen LogP contribution in [0.15, 0.2) is 48.6 Å². The molecular formula is C52H93NO8. The fraction of sp³-hybridized carbons (Fsp3) is 0.788. The molecule has 0 aliphatic carbocycles. The number of nitrogens with zero attached hydrogens (tertiary/aromatic N) is 1. The predicted molar refractivity (Wildman–Crippen MR) is 251 cm³/mol. The third-order valence-corrected chi connectivity index (χ3v) is 10.6. The molecule has 0 saturated heterocycles. The normalized spacial score (nSPS) is 13.3. The van der Waals surface area contributed by atoms with E-state index in [2.05, 4.69) is 62.5 Å². The van der Waals surface area contributed by atoms with Crippen molar-refractivity contribution in [2.45, 2.75) is 219 Å². The second-order valence-electron chi connectivity index (χ2n) is 17.7. The summed E-state index contributed by atoms with van der Waals surface area (Å²) >= 11 is 0. The molecule has 0 rings (SSSR count). The molecule has 9 heteroatoms. The molecule has 0 heterocycles. The van der Waals surface area contributed by atoms with Crippen molar-refractivity contribution in [2.24, 2.45) is 0 Å². The Hall–Kier alpha value is -2.75. The van der Waals surface area contributed by atoms with Gasteiger partial charge in [0.05, 0.1) is 40.3 Å². The average Bonchev–Trinajstić information content (AvgIpc) is 3.22. The molecule has 0 aliphatic rings. The van der Waals surface area contributed by atoms with Crippen LogP contribution in [0.25, 0.3) is 0 Å². The topological polar surface area (TPSA) is 111 Å². The van der Waals surface area contributed by atoms with E-state index in [9.17, 15) is 19.5 Å². The maximum atomic E-state index is 12.7. The summed E-state index contributed by atoms with van der Waals surface area (Å²) in [4.78, 5) is 37.1. The van der Waals surface area contributed by atoms with Crippen molar-refractivity contribution in [3.05, 3.63) is 48.6 Å². The lowest BCUT2D eigenvalue weighted by atomic mass is 10.0. The Morgan fingerprint density at radius 3 is 1.39 bits per heavy atom. The van der Waals surface area contributed by atoms with Gasteiger partial charge in [0.2, 0.25) is 0 Å². The first-order valence-corrected chi connectivity index (χ1v) is 24.8. The van der Waals surface area contributed by atoms with Gasteiger partial charge in [-0.3, -0.25) is 9.59 Å². The van der Waals surface area contributed by atoms with Crippen molar-refractivity contribution in [1.29, 1.82) is 0 Å². The maximum absolute atomic E-state index is 12.7. The predicted octanol–water partition coefficient (Wildman–Crippen LogP) is 12.2. The SMILES string of the molecule is CC/C=C\C/C=C\C/C=C\C/C=C\CCCCC(=O)OC(COC(=O)CCCCCCCCCCCCCCCCCCCCCCC)COC(OCC[N+](C)(C)C)C(=O)[O-]. The zero-order valence-corrected chi connectivity index (χ0v) is 40.0. The van der Waals surface area contributed by atoms with Crippen molar-refractivity contribution < 1.29 is 42.9 Å². The standard InChI is InChI=1S/C52H93NO8/c1-6-8-10-12-14-16-18-20-22-23-24-25-26-27-29-30-32-34-36-38-40-42-49(54)59-46-48(47-60-52(51(56)57)58-45-44-53(3,4)5)61-50(55)43-41-39-37-35-33-31-28-21-19-17-15-13-11-9-7-2/h9,11,15,17,21,28,33,35,48,52H,6-8,10,12-14,16,18-20,22-27,29-32,34,36-47H2,1-5H3/b11-9-,17-15-,28-21-,35-33-. The van der Waals surface area contributed by atoms with Crippen LogP contribution in [-0.2, 0) is 33.3 Å². The summed E-state index contributed by atoms with van der Waals surface area (Å²) in [5, 5.41) is 11.7. The van der Waals surface area contributed by atoms with E-state index < -0.39 is 24.3 Å². The van der Waals surface area contributed by atoms with Gasteiger partial charge in [0.25, 0.3) is 0 Å². The number of carbonyl (C=O) groups is 3. The zero-order chi connectivity index (χ0) is 44.9. The lowest BCUT2D eigenvalue weighted by Gasteiger charge is -2.26. The van der Waals surface area contributed by atoms with E-state index in [1.807, 2.05) is 21.1 Å². The number of unbranched alkanes of at least 4 members (excludes halogenated alkanes) is 22. The van der Waals surface area contributed by atoms with Crippen LogP contribution in [0.1, 0.15) is 206 Å². The molecule has 9 nitrogen and oxygen atoms in total. The van der Waals surface area contributed by atoms with Crippen molar-refractivity contribution in [1.82, 2.24) is 0 Å². The second-order valence-corrected chi connectivity index (χ2v) is 17.7. The van der Waals surface area contributed by atoms with E-state index in [-0.39, 0.29) is 38.6 Å². The molecule has 0 spiro atoms. The van der Waals surface area contributed by atoms with E-state index in [1.165, 1.54) is 116 Å². The third-order valence-electron chi connectivity index (χ3n) is 10.6. The van der Waals surface area contributed by atoms with Gasteiger partial charge in [-0.15, -0.1) is 0 Å². The van der Waals surface area contributed by atoms with E-state index in [0.717, 1.165) is 57.8 Å². The highest BCUT2D eigenvalue weighted by Crippen LogP contribution is 2.16. The van der Waals surface area contributed by atoms with Crippen LogP contribution in [0, 0.1) is 0 Å². The number of ether oxygens (including phenoxy) is 4. The monoisotopic (exact) mass is 860 g/mol. The number of hydrogen-bond acceptors (Lipinski definition) is 8. The molecule has 0 aromatic heterocycles. The molecule has 0 aromatic rings. The number of hydrogen-bond donors (Lipinski definition) is 0. The van der Waals surface area contributed by atoms with Crippen molar-refractivity contribution >= 4 is 17.9 Å². The molecular weight excluding hydrogens is 767 g/mol. The Balaban J connectivity index is 4.36. The molecule has 0 N–H and O–H groups in total. The first kappa shape index (κ1) is 58.2. The van der Waals surface area contributed by atoms with Crippen molar-refractivity contribution in [3.8, 4) is 0 Å². The molecule has 0 aliphatic heterocycles.